The lowest BCUT2D eigenvalue weighted by molar-refractivity contribution is -0.144. The summed E-state index contributed by atoms with van der Waals surface area (Å²) in [4.78, 5) is 11.8. The van der Waals surface area contributed by atoms with Crippen LogP contribution >= 0.6 is 0 Å². The zero-order valence-corrected chi connectivity index (χ0v) is 14.7. The second-order valence-corrected chi connectivity index (χ2v) is 6.50. The molecule has 6 heteroatoms. The Kier molecular flexibility index (Phi) is 5.04. The van der Waals surface area contributed by atoms with E-state index >= 15 is 0 Å². The fourth-order valence-corrected chi connectivity index (χ4v) is 3.64. The number of hydrogen-bond donors (Lipinski definition) is 3. The van der Waals surface area contributed by atoms with E-state index in [-0.39, 0.29) is 18.8 Å². The lowest BCUT2D eigenvalue weighted by atomic mass is 9.77. The van der Waals surface area contributed by atoms with Crippen LogP contribution in [0, 0.1) is 11.8 Å². The Morgan fingerprint density at radius 2 is 1.69 bits per heavy atom. The molecule has 26 heavy (non-hydrogen) atoms. The molecule has 2 atom stereocenters. The van der Waals surface area contributed by atoms with E-state index in [9.17, 15) is 20.1 Å². The van der Waals surface area contributed by atoms with E-state index in [1.807, 2.05) is 12.1 Å². The van der Waals surface area contributed by atoms with Crippen LogP contribution in [0.15, 0.2) is 30.3 Å². The molecule has 1 aliphatic carbocycles. The van der Waals surface area contributed by atoms with E-state index in [1.165, 1.54) is 7.11 Å². The summed E-state index contributed by atoms with van der Waals surface area (Å²) in [6.45, 7) is -0.224. The minimum Gasteiger partial charge on any atom is -0.508 e. The first-order valence-electron chi connectivity index (χ1n) is 8.39. The molecule has 0 saturated heterocycles. The first-order chi connectivity index (χ1) is 12.5. The summed E-state index contributed by atoms with van der Waals surface area (Å²) in [5.41, 5.74) is 3.26. The maximum atomic E-state index is 11.8. The quantitative estimate of drug-likeness (QED) is 0.777. The van der Waals surface area contributed by atoms with Crippen LogP contribution in [0.2, 0.25) is 0 Å². The molecule has 0 amide bonds. The third kappa shape index (κ3) is 3.20. The summed E-state index contributed by atoms with van der Waals surface area (Å²) < 4.78 is 10.8. The number of carbonyl (C=O) groups is 1. The summed E-state index contributed by atoms with van der Waals surface area (Å²) >= 11 is 0. The van der Waals surface area contributed by atoms with E-state index in [2.05, 4.69) is 0 Å². The minimum absolute atomic E-state index is 0.107. The van der Waals surface area contributed by atoms with Gasteiger partial charge in [0.1, 0.15) is 5.75 Å². The number of benzene rings is 2. The van der Waals surface area contributed by atoms with Gasteiger partial charge in [0.25, 0.3) is 0 Å². The molecule has 2 aromatic rings. The van der Waals surface area contributed by atoms with Gasteiger partial charge in [0.05, 0.1) is 20.1 Å². The molecule has 0 radical (unpaired) electrons. The number of methoxy groups -OCH3 is 2. The normalized spacial score (nSPS) is 18.9. The van der Waals surface area contributed by atoms with Gasteiger partial charge in [-0.3, -0.25) is 4.79 Å². The molecule has 6 nitrogen and oxygen atoms in total. The summed E-state index contributed by atoms with van der Waals surface area (Å²) in [5.74, 6) is -0.882. The van der Waals surface area contributed by atoms with Crippen molar-refractivity contribution < 1.29 is 29.6 Å². The number of carboxylic acids is 1. The van der Waals surface area contributed by atoms with Gasteiger partial charge in [-0.1, -0.05) is 6.07 Å². The molecule has 0 fully saturated rings. The Morgan fingerprint density at radius 3 is 2.31 bits per heavy atom. The zero-order valence-electron chi connectivity index (χ0n) is 14.7. The van der Waals surface area contributed by atoms with Crippen LogP contribution in [0.4, 0.5) is 0 Å². The molecule has 3 rings (SSSR count). The van der Waals surface area contributed by atoms with Crippen LogP contribution in [0.1, 0.15) is 11.1 Å². The van der Waals surface area contributed by atoms with Gasteiger partial charge in [0.2, 0.25) is 0 Å². The van der Waals surface area contributed by atoms with Crippen molar-refractivity contribution in [3.8, 4) is 28.4 Å². The molecular formula is C20H22O6. The van der Waals surface area contributed by atoms with Crippen molar-refractivity contribution in [3.63, 3.8) is 0 Å². The topological polar surface area (TPSA) is 96.2 Å². The van der Waals surface area contributed by atoms with Crippen molar-refractivity contribution >= 4 is 5.97 Å². The van der Waals surface area contributed by atoms with E-state index in [0.717, 1.165) is 22.3 Å². The second-order valence-electron chi connectivity index (χ2n) is 6.50. The number of ether oxygens (including phenoxy) is 2. The van der Waals surface area contributed by atoms with Crippen LogP contribution in [0.3, 0.4) is 0 Å². The Balaban J connectivity index is 2.27. The molecule has 0 aliphatic heterocycles. The Labute approximate surface area is 151 Å². The van der Waals surface area contributed by atoms with Crippen LogP contribution in [-0.4, -0.2) is 42.1 Å². The SMILES string of the molecule is COc1cc2c(cc1OC)-c1cc(O)ccc1C[C@@H](C(=O)O)[C@H](CO)C2. The number of fused-ring (bicyclic) bond motifs is 3. The van der Waals surface area contributed by atoms with E-state index in [4.69, 9.17) is 9.47 Å². The number of phenols is 1. The molecule has 0 heterocycles. The average molecular weight is 358 g/mol. The lowest BCUT2D eigenvalue weighted by Crippen LogP contribution is -2.31. The van der Waals surface area contributed by atoms with Crippen molar-refractivity contribution in [1.82, 2.24) is 0 Å². The van der Waals surface area contributed by atoms with Crippen molar-refractivity contribution in [2.24, 2.45) is 11.8 Å². The van der Waals surface area contributed by atoms with Gasteiger partial charge in [-0.05, 0) is 65.3 Å². The Hall–Kier alpha value is -2.73. The molecular weight excluding hydrogens is 336 g/mol. The smallest absolute Gasteiger partial charge is 0.307 e. The molecule has 0 aromatic heterocycles. The molecule has 1 aliphatic rings. The van der Waals surface area contributed by atoms with Gasteiger partial charge >= 0.3 is 5.97 Å². The summed E-state index contributed by atoms with van der Waals surface area (Å²) in [7, 11) is 3.09. The maximum absolute atomic E-state index is 11.8. The average Bonchev–Trinajstić information content (AvgIpc) is 2.63. The van der Waals surface area contributed by atoms with Crippen LogP contribution in [-0.2, 0) is 17.6 Å². The predicted molar refractivity (Wildman–Crippen MR) is 95.8 cm³/mol. The second kappa shape index (κ2) is 7.25. The highest BCUT2D eigenvalue weighted by atomic mass is 16.5. The van der Waals surface area contributed by atoms with Gasteiger partial charge in [-0.25, -0.2) is 0 Å². The van der Waals surface area contributed by atoms with Crippen LogP contribution in [0.25, 0.3) is 11.1 Å². The molecule has 138 valence electrons. The number of aromatic hydroxyl groups is 1. The van der Waals surface area contributed by atoms with E-state index < -0.39 is 17.8 Å². The van der Waals surface area contributed by atoms with Gasteiger partial charge in [0.15, 0.2) is 11.5 Å². The number of rotatable bonds is 4. The molecule has 2 aromatic carbocycles. The highest BCUT2D eigenvalue weighted by molar-refractivity contribution is 5.78. The summed E-state index contributed by atoms with van der Waals surface area (Å²) in [5, 5.41) is 29.4. The number of aliphatic hydroxyl groups excluding tert-OH is 1. The Bertz CT molecular complexity index is 829. The highest BCUT2D eigenvalue weighted by Gasteiger charge is 2.32. The minimum atomic E-state index is -0.938. The van der Waals surface area contributed by atoms with Crippen LogP contribution in [0.5, 0.6) is 17.2 Å². The number of aliphatic hydroxyl groups is 1. The highest BCUT2D eigenvalue weighted by Crippen LogP contribution is 2.42. The van der Waals surface area contributed by atoms with Gasteiger partial charge in [-0.2, -0.15) is 0 Å². The van der Waals surface area contributed by atoms with Gasteiger partial charge in [0, 0.05) is 6.61 Å². The fraction of sp³-hybridized carbons (Fsp3) is 0.350. The Morgan fingerprint density at radius 1 is 1.04 bits per heavy atom. The summed E-state index contributed by atoms with van der Waals surface area (Å²) in [6, 6.07) is 8.57. The van der Waals surface area contributed by atoms with Crippen molar-refractivity contribution in [3.05, 3.63) is 41.5 Å². The lowest BCUT2D eigenvalue weighted by Gasteiger charge is -2.28. The van der Waals surface area contributed by atoms with Crippen LogP contribution < -0.4 is 9.47 Å². The monoisotopic (exact) mass is 358 g/mol. The molecule has 3 N–H and O–H groups in total. The first-order valence-corrected chi connectivity index (χ1v) is 8.39. The van der Waals surface area contributed by atoms with E-state index in [0.29, 0.717) is 17.9 Å². The number of carboxylic acid groups (broad SMARTS) is 1. The van der Waals surface area contributed by atoms with Gasteiger partial charge < -0.3 is 24.8 Å². The first kappa shape index (κ1) is 18.1. The van der Waals surface area contributed by atoms with Crippen molar-refractivity contribution in [2.75, 3.05) is 20.8 Å². The molecule has 0 bridgehead atoms. The third-order valence-corrected chi connectivity index (χ3v) is 5.04. The number of aliphatic carboxylic acids is 1. The maximum Gasteiger partial charge on any atom is 0.307 e. The molecule has 0 spiro atoms. The molecule has 0 unspecified atom stereocenters. The zero-order chi connectivity index (χ0) is 18.8. The van der Waals surface area contributed by atoms with E-state index in [1.54, 1.807) is 25.3 Å². The predicted octanol–water partition coefficient (Wildman–Crippen LogP) is 2.48. The van der Waals surface area contributed by atoms with Crippen molar-refractivity contribution in [1.29, 1.82) is 0 Å². The largest absolute Gasteiger partial charge is 0.508 e. The summed E-state index contributed by atoms with van der Waals surface area (Å²) in [6.07, 6.45) is 0.669. The third-order valence-electron chi connectivity index (χ3n) is 5.04. The fourth-order valence-electron chi connectivity index (χ4n) is 3.64. The standard InChI is InChI=1S/C20H22O6/c1-25-18-7-12-5-13(10-21)17(20(23)24)6-11-3-4-14(22)8-15(11)16(12)9-19(18)26-2/h3-4,7-9,13,17,21-22H,5-6,10H2,1-2H3,(H,23,24)/t13-,17+/m0/s1. The molecule has 0 saturated carbocycles. The number of phenolic OH excluding ortho intramolecular Hbond substituents is 1. The van der Waals surface area contributed by atoms with Crippen molar-refractivity contribution in [2.45, 2.75) is 12.8 Å². The number of hydrogen-bond acceptors (Lipinski definition) is 5. The van der Waals surface area contributed by atoms with Gasteiger partial charge in [-0.15, -0.1) is 0 Å².